The molecule has 0 atom stereocenters. The number of anilines is 1. The van der Waals surface area contributed by atoms with Crippen LogP contribution in [0.4, 0.5) is 5.82 Å². The van der Waals surface area contributed by atoms with Gasteiger partial charge in [0.25, 0.3) is 0 Å². The van der Waals surface area contributed by atoms with E-state index >= 15 is 0 Å². The number of hydrogen-bond acceptors (Lipinski definition) is 5. The molecule has 0 spiro atoms. The van der Waals surface area contributed by atoms with E-state index in [9.17, 15) is 0 Å². The topological polar surface area (TPSA) is 77.6 Å². The minimum Gasteiger partial charge on any atom is -0.383 e. The Morgan fingerprint density at radius 1 is 1.06 bits per heavy atom. The fourth-order valence-corrected chi connectivity index (χ4v) is 1.67. The Labute approximate surface area is 97.4 Å². The van der Waals surface area contributed by atoms with E-state index in [2.05, 4.69) is 19.9 Å². The summed E-state index contributed by atoms with van der Waals surface area (Å²) in [6.07, 6.45) is 6.79. The molecule has 0 aliphatic carbocycles. The molecule has 0 radical (unpaired) electrons. The van der Waals surface area contributed by atoms with Crippen LogP contribution < -0.4 is 5.73 Å². The molecule has 0 bridgehead atoms. The maximum atomic E-state index is 5.90. The fourth-order valence-electron chi connectivity index (χ4n) is 1.67. The third kappa shape index (κ3) is 1.67. The van der Waals surface area contributed by atoms with Gasteiger partial charge in [0.2, 0.25) is 0 Å². The van der Waals surface area contributed by atoms with Crippen LogP contribution in [-0.4, -0.2) is 19.9 Å². The number of nitrogens with zero attached hydrogens (tertiary/aromatic N) is 4. The minimum atomic E-state index is 0.465. The highest BCUT2D eigenvalue weighted by atomic mass is 14.9. The van der Waals surface area contributed by atoms with Crippen LogP contribution in [0.15, 0.2) is 43.0 Å². The largest absolute Gasteiger partial charge is 0.383 e. The van der Waals surface area contributed by atoms with Crippen LogP contribution in [-0.2, 0) is 0 Å². The van der Waals surface area contributed by atoms with Gasteiger partial charge in [-0.05, 0) is 18.2 Å². The highest BCUT2D eigenvalue weighted by molar-refractivity contribution is 5.92. The Bertz CT molecular complexity index is 666. The van der Waals surface area contributed by atoms with Gasteiger partial charge >= 0.3 is 0 Å². The van der Waals surface area contributed by atoms with E-state index < -0.39 is 0 Å². The molecule has 3 aromatic heterocycles. The summed E-state index contributed by atoms with van der Waals surface area (Å²) in [7, 11) is 0. The predicted molar refractivity (Wildman–Crippen MR) is 65.0 cm³/mol. The summed E-state index contributed by atoms with van der Waals surface area (Å²) in [4.78, 5) is 16.7. The standard InChI is InChI=1S/C12H9N5/c13-11-9-2-5-14-7-8(9)6-10(17-11)12-15-3-1-4-16-12/h1-7H,(H2,13,17). The van der Waals surface area contributed by atoms with Crippen molar-refractivity contribution < 1.29 is 0 Å². The van der Waals surface area contributed by atoms with Crippen molar-refractivity contribution in [2.75, 3.05) is 5.73 Å². The number of pyridine rings is 2. The first-order chi connectivity index (χ1) is 8.34. The molecule has 5 nitrogen and oxygen atoms in total. The molecule has 3 heterocycles. The third-order valence-electron chi connectivity index (χ3n) is 2.46. The van der Waals surface area contributed by atoms with E-state index in [0.717, 1.165) is 10.8 Å². The summed E-state index contributed by atoms with van der Waals surface area (Å²) in [6, 6.07) is 5.48. The van der Waals surface area contributed by atoms with E-state index in [4.69, 9.17) is 5.73 Å². The number of rotatable bonds is 1. The maximum absolute atomic E-state index is 5.90. The lowest BCUT2D eigenvalue weighted by atomic mass is 10.2. The van der Waals surface area contributed by atoms with Gasteiger partial charge in [0, 0.05) is 35.6 Å². The van der Waals surface area contributed by atoms with Gasteiger partial charge in [0.1, 0.15) is 11.5 Å². The molecule has 0 fully saturated rings. The summed E-state index contributed by atoms with van der Waals surface area (Å²) >= 11 is 0. The Morgan fingerprint density at radius 3 is 2.71 bits per heavy atom. The molecule has 0 saturated carbocycles. The predicted octanol–water partition coefficient (Wildman–Crippen LogP) is 1.67. The number of fused-ring (bicyclic) bond motifs is 1. The van der Waals surface area contributed by atoms with Crippen molar-refractivity contribution in [1.29, 1.82) is 0 Å². The number of aromatic nitrogens is 4. The lowest BCUT2D eigenvalue weighted by molar-refractivity contribution is 1.15. The van der Waals surface area contributed by atoms with Gasteiger partial charge in [-0.1, -0.05) is 0 Å². The van der Waals surface area contributed by atoms with Gasteiger partial charge < -0.3 is 5.73 Å². The van der Waals surface area contributed by atoms with Gasteiger partial charge in [-0.25, -0.2) is 15.0 Å². The smallest absolute Gasteiger partial charge is 0.178 e. The lowest BCUT2D eigenvalue weighted by Gasteiger charge is -2.04. The van der Waals surface area contributed by atoms with Crippen LogP contribution in [0.3, 0.4) is 0 Å². The summed E-state index contributed by atoms with van der Waals surface area (Å²) in [5, 5.41) is 1.82. The van der Waals surface area contributed by atoms with Gasteiger partial charge in [0.15, 0.2) is 5.82 Å². The summed E-state index contributed by atoms with van der Waals surface area (Å²) in [5.41, 5.74) is 6.56. The van der Waals surface area contributed by atoms with Crippen molar-refractivity contribution in [1.82, 2.24) is 19.9 Å². The monoisotopic (exact) mass is 223 g/mol. The molecule has 0 saturated heterocycles. The molecular formula is C12H9N5. The van der Waals surface area contributed by atoms with E-state index in [0.29, 0.717) is 17.3 Å². The molecule has 0 aliphatic rings. The molecule has 0 aromatic carbocycles. The van der Waals surface area contributed by atoms with Gasteiger partial charge in [0.05, 0.1) is 0 Å². The second-order valence-electron chi connectivity index (χ2n) is 3.56. The molecule has 17 heavy (non-hydrogen) atoms. The molecule has 0 amide bonds. The SMILES string of the molecule is Nc1nc(-c2ncccn2)cc2cnccc12. The molecule has 3 rings (SSSR count). The zero-order chi connectivity index (χ0) is 11.7. The summed E-state index contributed by atoms with van der Waals surface area (Å²) < 4.78 is 0. The average molecular weight is 223 g/mol. The van der Waals surface area contributed by atoms with Crippen LogP contribution in [0.1, 0.15) is 0 Å². The normalized spacial score (nSPS) is 10.6. The molecule has 5 heteroatoms. The molecule has 3 aromatic rings. The molecule has 2 N–H and O–H groups in total. The molecule has 82 valence electrons. The zero-order valence-corrected chi connectivity index (χ0v) is 8.91. The van der Waals surface area contributed by atoms with Crippen LogP contribution in [0.25, 0.3) is 22.3 Å². The van der Waals surface area contributed by atoms with Crippen LogP contribution >= 0.6 is 0 Å². The van der Waals surface area contributed by atoms with Crippen molar-refractivity contribution in [3.63, 3.8) is 0 Å². The van der Waals surface area contributed by atoms with Gasteiger partial charge in [-0.3, -0.25) is 4.98 Å². The van der Waals surface area contributed by atoms with Crippen molar-refractivity contribution in [2.24, 2.45) is 0 Å². The minimum absolute atomic E-state index is 0.465. The number of nitrogens with two attached hydrogens (primary N) is 1. The van der Waals surface area contributed by atoms with E-state index in [1.54, 1.807) is 30.9 Å². The Balaban J connectivity index is 2.26. The van der Waals surface area contributed by atoms with Crippen LogP contribution in [0, 0.1) is 0 Å². The van der Waals surface area contributed by atoms with Gasteiger partial charge in [-0.2, -0.15) is 0 Å². The quantitative estimate of drug-likeness (QED) is 0.679. The van der Waals surface area contributed by atoms with Crippen LogP contribution in [0.2, 0.25) is 0 Å². The van der Waals surface area contributed by atoms with E-state index in [1.807, 2.05) is 12.1 Å². The first kappa shape index (κ1) is 9.65. The Hall–Kier alpha value is -2.56. The summed E-state index contributed by atoms with van der Waals surface area (Å²) in [5.74, 6) is 1.03. The van der Waals surface area contributed by atoms with Crippen molar-refractivity contribution in [3.8, 4) is 11.5 Å². The average Bonchev–Trinajstić information content (AvgIpc) is 2.40. The highest BCUT2D eigenvalue weighted by Gasteiger charge is 2.06. The van der Waals surface area contributed by atoms with E-state index in [-0.39, 0.29) is 0 Å². The fraction of sp³-hybridized carbons (Fsp3) is 0. The van der Waals surface area contributed by atoms with E-state index in [1.165, 1.54) is 0 Å². The highest BCUT2D eigenvalue weighted by Crippen LogP contribution is 2.22. The Kier molecular flexibility index (Phi) is 2.15. The maximum Gasteiger partial charge on any atom is 0.178 e. The second-order valence-corrected chi connectivity index (χ2v) is 3.56. The van der Waals surface area contributed by atoms with Crippen molar-refractivity contribution in [2.45, 2.75) is 0 Å². The van der Waals surface area contributed by atoms with Crippen LogP contribution in [0.5, 0.6) is 0 Å². The number of nitrogen functional groups attached to an aromatic ring is 1. The second kappa shape index (κ2) is 3.79. The number of hydrogen-bond donors (Lipinski definition) is 1. The molecule has 0 aliphatic heterocycles. The van der Waals surface area contributed by atoms with Crippen molar-refractivity contribution in [3.05, 3.63) is 43.0 Å². The van der Waals surface area contributed by atoms with Crippen molar-refractivity contribution >= 4 is 16.6 Å². The van der Waals surface area contributed by atoms with Gasteiger partial charge in [-0.15, -0.1) is 0 Å². The molecule has 0 unspecified atom stereocenters. The first-order valence-corrected chi connectivity index (χ1v) is 5.12. The lowest BCUT2D eigenvalue weighted by Crippen LogP contribution is -1.97. The third-order valence-corrected chi connectivity index (χ3v) is 2.46. The first-order valence-electron chi connectivity index (χ1n) is 5.12. The molecular weight excluding hydrogens is 214 g/mol. The summed E-state index contributed by atoms with van der Waals surface area (Å²) in [6.45, 7) is 0. The zero-order valence-electron chi connectivity index (χ0n) is 8.91. The Morgan fingerprint density at radius 2 is 1.88 bits per heavy atom.